The molecule has 0 bridgehead atoms. The molecular formula is C15H16BrClN2O. The molecule has 0 aromatic heterocycles. The highest BCUT2D eigenvalue weighted by Gasteiger charge is 2.06. The van der Waals surface area contributed by atoms with Crippen LogP contribution in [0.4, 0.5) is 11.4 Å². The van der Waals surface area contributed by atoms with Crippen LogP contribution in [0.15, 0.2) is 46.9 Å². The van der Waals surface area contributed by atoms with Crippen molar-refractivity contribution in [1.29, 1.82) is 0 Å². The Morgan fingerprint density at radius 2 is 1.90 bits per heavy atom. The molecule has 3 nitrogen and oxygen atoms in total. The van der Waals surface area contributed by atoms with Crippen LogP contribution in [0.25, 0.3) is 0 Å². The van der Waals surface area contributed by atoms with E-state index in [0.717, 1.165) is 22.5 Å². The third-order valence-corrected chi connectivity index (χ3v) is 3.68. The molecule has 5 heteroatoms. The van der Waals surface area contributed by atoms with Crippen LogP contribution < -0.4 is 15.4 Å². The van der Waals surface area contributed by atoms with E-state index in [2.05, 4.69) is 15.9 Å². The third-order valence-electron chi connectivity index (χ3n) is 2.91. The SMILES string of the molecule is CN(CCOc1ccc(Br)cc1)c1cc(Cl)ccc1N. The van der Waals surface area contributed by atoms with Gasteiger partial charge < -0.3 is 15.4 Å². The predicted molar refractivity (Wildman–Crippen MR) is 88.8 cm³/mol. The van der Waals surface area contributed by atoms with Crippen molar-refractivity contribution in [3.05, 3.63) is 52.0 Å². The van der Waals surface area contributed by atoms with E-state index in [1.807, 2.05) is 48.3 Å². The van der Waals surface area contributed by atoms with E-state index < -0.39 is 0 Å². The van der Waals surface area contributed by atoms with Gasteiger partial charge in [-0.05, 0) is 42.5 Å². The summed E-state index contributed by atoms with van der Waals surface area (Å²) in [5.74, 6) is 0.848. The Morgan fingerprint density at radius 3 is 2.60 bits per heavy atom. The van der Waals surface area contributed by atoms with E-state index in [1.165, 1.54) is 0 Å². The molecule has 0 fully saturated rings. The number of hydrogen-bond donors (Lipinski definition) is 1. The number of rotatable bonds is 5. The van der Waals surface area contributed by atoms with Crippen molar-refractivity contribution in [1.82, 2.24) is 0 Å². The van der Waals surface area contributed by atoms with E-state index in [1.54, 1.807) is 6.07 Å². The first-order valence-corrected chi connectivity index (χ1v) is 7.38. The molecule has 0 heterocycles. The molecule has 0 spiro atoms. The van der Waals surface area contributed by atoms with Crippen molar-refractivity contribution in [2.24, 2.45) is 0 Å². The number of hydrogen-bond acceptors (Lipinski definition) is 3. The lowest BCUT2D eigenvalue weighted by atomic mass is 10.2. The minimum Gasteiger partial charge on any atom is -0.492 e. The van der Waals surface area contributed by atoms with Gasteiger partial charge in [0.1, 0.15) is 12.4 Å². The molecule has 0 saturated heterocycles. The molecule has 0 aliphatic heterocycles. The van der Waals surface area contributed by atoms with Gasteiger partial charge in [-0.15, -0.1) is 0 Å². The Labute approximate surface area is 132 Å². The fraction of sp³-hybridized carbons (Fsp3) is 0.200. The van der Waals surface area contributed by atoms with Crippen LogP contribution >= 0.6 is 27.5 Å². The van der Waals surface area contributed by atoms with Crippen molar-refractivity contribution in [3.8, 4) is 5.75 Å². The second-order valence-corrected chi connectivity index (χ2v) is 5.78. The summed E-state index contributed by atoms with van der Waals surface area (Å²) in [6.45, 7) is 1.30. The molecule has 2 N–H and O–H groups in total. The maximum absolute atomic E-state index is 5.99. The van der Waals surface area contributed by atoms with Gasteiger partial charge in [0, 0.05) is 16.5 Å². The van der Waals surface area contributed by atoms with E-state index in [-0.39, 0.29) is 0 Å². The highest BCUT2D eigenvalue weighted by atomic mass is 79.9. The van der Waals surface area contributed by atoms with Crippen molar-refractivity contribution in [2.45, 2.75) is 0 Å². The zero-order valence-electron chi connectivity index (χ0n) is 11.1. The highest BCUT2D eigenvalue weighted by Crippen LogP contribution is 2.25. The van der Waals surface area contributed by atoms with Gasteiger partial charge in [0.05, 0.1) is 17.9 Å². The van der Waals surface area contributed by atoms with Gasteiger partial charge in [-0.1, -0.05) is 27.5 Å². The Bertz CT molecular complexity index is 575. The van der Waals surface area contributed by atoms with Crippen LogP contribution in [0.1, 0.15) is 0 Å². The topological polar surface area (TPSA) is 38.5 Å². The number of nitrogens with two attached hydrogens (primary N) is 1. The average molecular weight is 356 g/mol. The first-order valence-electron chi connectivity index (χ1n) is 6.21. The average Bonchev–Trinajstić information content (AvgIpc) is 2.43. The first kappa shape index (κ1) is 15.0. The maximum atomic E-state index is 5.99. The van der Waals surface area contributed by atoms with Crippen molar-refractivity contribution in [3.63, 3.8) is 0 Å². The lowest BCUT2D eigenvalue weighted by Gasteiger charge is -2.21. The lowest BCUT2D eigenvalue weighted by Crippen LogP contribution is -2.24. The number of halogens is 2. The fourth-order valence-electron chi connectivity index (χ4n) is 1.80. The van der Waals surface area contributed by atoms with Crippen LogP contribution in [0.3, 0.4) is 0 Å². The molecule has 20 heavy (non-hydrogen) atoms. The molecule has 2 aromatic rings. The van der Waals surface area contributed by atoms with Gasteiger partial charge in [0.25, 0.3) is 0 Å². The van der Waals surface area contributed by atoms with Crippen molar-refractivity contribution >= 4 is 38.9 Å². The molecule has 0 atom stereocenters. The summed E-state index contributed by atoms with van der Waals surface area (Å²) in [4.78, 5) is 2.03. The zero-order chi connectivity index (χ0) is 14.5. The van der Waals surface area contributed by atoms with Crippen LogP contribution in [-0.2, 0) is 0 Å². The molecule has 0 radical (unpaired) electrons. The number of nitrogens with zero attached hydrogens (tertiary/aromatic N) is 1. The molecule has 0 amide bonds. The second kappa shape index (κ2) is 6.86. The number of benzene rings is 2. The van der Waals surface area contributed by atoms with Crippen LogP contribution in [-0.4, -0.2) is 20.2 Å². The lowest BCUT2D eigenvalue weighted by molar-refractivity contribution is 0.326. The summed E-state index contributed by atoms with van der Waals surface area (Å²) < 4.78 is 6.72. The number of ether oxygens (including phenoxy) is 1. The van der Waals surface area contributed by atoms with E-state index in [9.17, 15) is 0 Å². The molecule has 0 aliphatic carbocycles. The molecule has 2 aromatic carbocycles. The summed E-state index contributed by atoms with van der Waals surface area (Å²) >= 11 is 9.38. The molecule has 2 rings (SSSR count). The van der Waals surface area contributed by atoms with Gasteiger partial charge >= 0.3 is 0 Å². The number of nitrogen functional groups attached to an aromatic ring is 1. The Balaban J connectivity index is 1.90. The van der Waals surface area contributed by atoms with Crippen molar-refractivity contribution in [2.75, 3.05) is 30.8 Å². The monoisotopic (exact) mass is 354 g/mol. The summed E-state index contributed by atoms with van der Waals surface area (Å²) in [6.07, 6.45) is 0. The Morgan fingerprint density at radius 1 is 1.20 bits per heavy atom. The largest absolute Gasteiger partial charge is 0.492 e. The zero-order valence-corrected chi connectivity index (χ0v) is 13.5. The van der Waals surface area contributed by atoms with Crippen LogP contribution in [0.2, 0.25) is 5.02 Å². The Hall–Kier alpha value is -1.39. The predicted octanol–water partition coefficient (Wildman–Crippen LogP) is 4.20. The first-order chi connectivity index (χ1) is 9.56. The molecule has 0 saturated carbocycles. The van der Waals surface area contributed by atoms with Gasteiger partial charge in [-0.3, -0.25) is 0 Å². The normalized spacial score (nSPS) is 10.3. The molecule has 106 valence electrons. The number of anilines is 2. The fourth-order valence-corrected chi connectivity index (χ4v) is 2.23. The van der Waals surface area contributed by atoms with E-state index in [4.69, 9.17) is 22.1 Å². The van der Waals surface area contributed by atoms with Gasteiger partial charge in [-0.25, -0.2) is 0 Å². The molecular weight excluding hydrogens is 340 g/mol. The summed E-state index contributed by atoms with van der Waals surface area (Å²) in [5.41, 5.74) is 7.57. The summed E-state index contributed by atoms with van der Waals surface area (Å²) in [6, 6.07) is 13.2. The van der Waals surface area contributed by atoms with Gasteiger partial charge in [-0.2, -0.15) is 0 Å². The van der Waals surface area contributed by atoms with Gasteiger partial charge in [0.2, 0.25) is 0 Å². The standard InChI is InChI=1S/C15H16BrClN2O/c1-19(15-10-12(17)4-7-14(15)18)8-9-20-13-5-2-11(16)3-6-13/h2-7,10H,8-9,18H2,1H3. The number of likely N-dealkylation sites (N-methyl/N-ethyl adjacent to an activating group) is 1. The van der Waals surface area contributed by atoms with Crippen LogP contribution in [0, 0.1) is 0 Å². The molecule has 0 unspecified atom stereocenters. The van der Waals surface area contributed by atoms with E-state index in [0.29, 0.717) is 17.3 Å². The van der Waals surface area contributed by atoms with Gasteiger partial charge in [0.15, 0.2) is 0 Å². The minimum atomic E-state index is 0.573. The minimum absolute atomic E-state index is 0.573. The smallest absolute Gasteiger partial charge is 0.119 e. The summed E-state index contributed by atoms with van der Waals surface area (Å²) in [5, 5.41) is 0.676. The third kappa shape index (κ3) is 4.05. The Kier molecular flexibility index (Phi) is 5.15. The highest BCUT2D eigenvalue weighted by molar-refractivity contribution is 9.10. The second-order valence-electron chi connectivity index (χ2n) is 4.43. The quantitative estimate of drug-likeness (QED) is 0.817. The van der Waals surface area contributed by atoms with Crippen LogP contribution in [0.5, 0.6) is 5.75 Å². The summed E-state index contributed by atoms with van der Waals surface area (Å²) in [7, 11) is 1.97. The molecule has 0 aliphatic rings. The van der Waals surface area contributed by atoms with Crippen molar-refractivity contribution < 1.29 is 4.74 Å². The van der Waals surface area contributed by atoms with E-state index >= 15 is 0 Å². The maximum Gasteiger partial charge on any atom is 0.119 e.